The van der Waals surface area contributed by atoms with Crippen molar-refractivity contribution in [2.24, 2.45) is 5.73 Å². The van der Waals surface area contributed by atoms with E-state index in [1.54, 1.807) is 3.97 Å². The van der Waals surface area contributed by atoms with E-state index in [0.29, 0.717) is 5.65 Å². The van der Waals surface area contributed by atoms with E-state index in [-0.39, 0.29) is 23.1 Å². The predicted molar refractivity (Wildman–Crippen MR) is 71.6 cm³/mol. The second-order valence-corrected chi connectivity index (χ2v) is 4.94. The third kappa shape index (κ3) is 2.00. The van der Waals surface area contributed by atoms with Crippen LogP contribution in [0.1, 0.15) is 15.9 Å². The molecule has 0 aliphatic heterocycles. The van der Waals surface area contributed by atoms with Gasteiger partial charge in [-0.3, -0.25) is 3.97 Å². The summed E-state index contributed by atoms with van der Waals surface area (Å²) in [6.07, 6.45) is 2.47. The molecule has 3 N–H and O–H groups in total. The van der Waals surface area contributed by atoms with Crippen LogP contribution in [0.2, 0.25) is 0 Å². The van der Waals surface area contributed by atoms with Gasteiger partial charge in [0.15, 0.2) is 5.65 Å². The van der Waals surface area contributed by atoms with Gasteiger partial charge in [0.2, 0.25) is 0 Å². The van der Waals surface area contributed by atoms with Gasteiger partial charge in [-0.25, -0.2) is 14.2 Å². The number of fused-ring (bicyclic) bond motifs is 1. The van der Waals surface area contributed by atoms with Gasteiger partial charge in [0.05, 0.1) is 11.8 Å². The predicted octanol–water partition coefficient (Wildman–Crippen LogP) is 2.18. The maximum atomic E-state index is 13.5. The van der Waals surface area contributed by atoms with Gasteiger partial charge >= 0.3 is 5.97 Å². The molecule has 0 unspecified atom stereocenters. The highest BCUT2D eigenvalue weighted by molar-refractivity contribution is 14.2. The van der Waals surface area contributed by atoms with Crippen LogP contribution in [0, 0.1) is 5.82 Å². The van der Waals surface area contributed by atoms with Crippen LogP contribution in [0.5, 0.6) is 0 Å². The number of carboxylic acids is 1. The molecule has 0 amide bonds. The summed E-state index contributed by atoms with van der Waals surface area (Å²) in [6, 6.07) is 0. The molecule has 0 fully saturated rings. The summed E-state index contributed by atoms with van der Waals surface area (Å²) in [4.78, 5) is 15.0. The molecule has 2 heterocycles. The molecule has 5 nitrogen and oxygen atoms in total. The number of nitrogens with zero attached hydrogens (tertiary/aromatic N) is 2. The summed E-state index contributed by atoms with van der Waals surface area (Å²) in [6.45, 7) is -0.0684. The van der Waals surface area contributed by atoms with Crippen LogP contribution >= 0.6 is 30.3 Å². The van der Waals surface area contributed by atoms with Crippen LogP contribution in [-0.4, -0.2) is 20.0 Å². The zero-order chi connectivity index (χ0) is 12.6. The number of aromatic carboxylic acids is 1. The summed E-state index contributed by atoms with van der Waals surface area (Å²) >= 11 is 1.99. The molecule has 17 heavy (non-hydrogen) atoms. The molecule has 0 aromatic carbocycles. The maximum absolute atomic E-state index is 13.5. The van der Waals surface area contributed by atoms with Gasteiger partial charge < -0.3 is 10.8 Å². The molecule has 0 radical (unpaired) electrons. The largest absolute Gasteiger partial charge is 0.478 e. The maximum Gasteiger partial charge on any atom is 0.337 e. The van der Waals surface area contributed by atoms with E-state index in [2.05, 4.69) is 4.98 Å². The van der Waals surface area contributed by atoms with Gasteiger partial charge in [0.1, 0.15) is 5.82 Å². The number of rotatable bonds is 3. The molecule has 2 aromatic rings. The number of carboxylic acid groups (broad SMARTS) is 1. The van der Waals surface area contributed by atoms with Crippen molar-refractivity contribution in [3.8, 4) is 0 Å². The van der Waals surface area contributed by atoms with Crippen LogP contribution in [0.4, 0.5) is 4.39 Å². The van der Waals surface area contributed by atoms with Crippen LogP contribution < -0.4 is 5.73 Å². The fourth-order valence-electron chi connectivity index (χ4n) is 1.62. The molecule has 0 aliphatic carbocycles. The first-order valence-corrected chi connectivity index (χ1v) is 7.82. The summed E-state index contributed by atoms with van der Waals surface area (Å²) in [5.41, 5.74) is 6.05. The van der Waals surface area contributed by atoms with Gasteiger partial charge in [0, 0.05) is 54.0 Å². The molecule has 8 heteroatoms. The average molecular weight is 367 g/mol. The third-order valence-corrected chi connectivity index (χ3v) is 4.05. The molecule has 0 saturated heterocycles. The van der Waals surface area contributed by atoms with Gasteiger partial charge in [-0.2, -0.15) is 0 Å². The Hall–Kier alpha value is -0.870. The first-order valence-electron chi connectivity index (χ1n) is 4.51. The van der Waals surface area contributed by atoms with Crippen molar-refractivity contribution >= 4 is 47.3 Å². The topological polar surface area (TPSA) is 81.1 Å². The number of hydrogen-bond acceptors (Lipinski definition) is 4. The number of pyridine rings is 1. The lowest BCUT2D eigenvalue weighted by molar-refractivity contribution is 0.0699. The van der Waals surface area contributed by atoms with Crippen molar-refractivity contribution in [1.82, 2.24) is 8.96 Å². The summed E-state index contributed by atoms with van der Waals surface area (Å²) < 4.78 is 15.1. The molecule has 0 saturated carbocycles. The number of aromatic nitrogens is 2. The minimum absolute atomic E-state index is 0.0108. The zero-order valence-electron chi connectivity index (χ0n) is 8.35. The lowest BCUT2D eigenvalue weighted by atomic mass is 10.1. The van der Waals surface area contributed by atoms with Crippen molar-refractivity contribution in [2.45, 2.75) is 6.54 Å². The summed E-state index contributed by atoms with van der Waals surface area (Å²) in [5, 5.41) is 9.35. The number of nitrogens with two attached hydrogens (primary N) is 1. The average Bonchev–Trinajstić information content (AvgIpc) is 2.67. The second-order valence-electron chi connectivity index (χ2n) is 3.23. The smallest absolute Gasteiger partial charge is 0.337 e. The van der Waals surface area contributed by atoms with Crippen LogP contribution in [0.15, 0.2) is 12.4 Å². The van der Waals surface area contributed by atoms with Crippen molar-refractivity contribution in [3.63, 3.8) is 0 Å². The molecular formula is C9H7FIN3O2S. The minimum Gasteiger partial charge on any atom is -0.478 e. The van der Waals surface area contributed by atoms with E-state index in [1.165, 1.54) is 15.3 Å². The Labute approximate surface area is 112 Å². The lowest BCUT2D eigenvalue weighted by Gasteiger charge is -2.03. The fraction of sp³-hybridized carbons (Fsp3) is 0.111. The third-order valence-electron chi connectivity index (χ3n) is 2.35. The normalized spacial score (nSPS) is 11.0. The molecule has 2 aromatic heterocycles. The Morgan fingerprint density at radius 2 is 2.41 bits per heavy atom. The SMILES string of the molecule is NCc1c(F)cnc2c1c(C(=O)O)cn2SI. The lowest BCUT2D eigenvalue weighted by Crippen LogP contribution is -2.04. The van der Waals surface area contributed by atoms with Crippen molar-refractivity contribution < 1.29 is 14.3 Å². The van der Waals surface area contributed by atoms with Crippen LogP contribution in [0.3, 0.4) is 0 Å². The molecule has 2 rings (SSSR count). The van der Waals surface area contributed by atoms with Crippen LogP contribution in [-0.2, 0) is 6.54 Å². The summed E-state index contributed by atoms with van der Waals surface area (Å²) in [5.74, 6) is -1.71. The highest BCUT2D eigenvalue weighted by atomic mass is 127. The van der Waals surface area contributed by atoms with E-state index in [4.69, 9.17) is 10.8 Å². The Morgan fingerprint density at radius 1 is 1.71 bits per heavy atom. The van der Waals surface area contributed by atoms with E-state index in [1.807, 2.05) is 21.2 Å². The number of halogens is 2. The Balaban J connectivity index is 2.91. The van der Waals surface area contributed by atoms with Crippen molar-refractivity contribution in [3.05, 3.63) is 29.3 Å². The monoisotopic (exact) mass is 367 g/mol. The highest BCUT2D eigenvalue weighted by Crippen LogP contribution is 2.30. The Bertz CT molecular complexity index is 601. The molecule has 0 bridgehead atoms. The van der Waals surface area contributed by atoms with Crippen LogP contribution in [0.25, 0.3) is 11.0 Å². The molecule has 0 aliphatic rings. The molecule has 0 spiro atoms. The zero-order valence-corrected chi connectivity index (χ0v) is 11.3. The molecular weight excluding hydrogens is 360 g/mol. The van der Waals surface area contributed by atoms with Gasteiger partial charge in [-0.15, -0.1) is 0 Å². The Kier molecular flexibility index (Phi) is 3.54. The Morgan fingerprint density at radius 3 is 2.94 bits per heavy atom. The first-order chi connectivity index (χ1) is 8.10. The molecule has 90 valence electrons. The van der Waals surface area contributed by atoms with Gasteiger partial charge in [-0.1, -0.05) is 0 Å². The standard InChI is InChI=1S/C9H7FIN3O2S/c10-6-2-13-8-7(4(6)1-12)5(9(15)16)3-14(8)17-11/h2-3H,1,12H2,(H,15,16). The highest BCUT2D eigenvalue weighted by Gasteiger charge is 2.20. The van der Waals surface area contributed by atoms with E-state index >= 15 is 0 Å². The molecule has 0 atom stereocenters. The quantitative estimate of drug-likeness (QED) is 0.813. The van der Waals surface area contributed by atoms with Gasteiger partial charge in [-0.05, 0) is 0 Å². The van der Waals surface area contributed by atoms with E-state index in [0.717, 1.165) is 6.20 Å². The second kappa shape index (κ2) is 4.78. The van der Waals surface area contributed by atoms with Crippen molar-refractivity contribution in [2.75, 3.05) is 0 Å². The fourth-order valence-corrected chi connectivity index (χ4v) is 2.87. The number of carbonyl (C=O) groups is 1. The summed E-state index contributed by atoms with van der Waals surface area (Å²) in [7, 11) is 1.26. The van der Waals surface area contributed by atoms with Gasteiger partial charge in [0.25, 0.3) is 0 Å². The van der Waals surface area contributed by atoms with Crippen molar-refractivity contribution in [1.29, 1.82) is 0 Å². The van der Waals surface area contributed by atoms with E-state index < -0.39 is 11.8 Å². The first kappa shape index (κ1) is 12.6. The van der Waals surface area contributed by atoms with E-state index in [9.17, 15) is 9.18 Å². The number of hydrogen-bond donors (Lipinski definition) is 2. The minimum atomic E-state index is -1.12.